The smallest absolute Gasteiger partial charge is 0.251 e. The van der Waals surface area contributed by atoms with E-state index in [4.69, 9.17) is 15.6 Å². The van der Waals surface area contributed by atoms with E-state index in [1.165, 1.54) is 0 Å². The molecule has 0 aliphatic carbocycles. The van der Waals surface area contributed by atoms with E-state index in [-0.39, 0.29) is 25.1 Å². The van der Waals surface area contributed by atoms with Gasteiger partial charge in [0.25, 0.3) is 6.43 Å². The largest absolute Gasteiger partial charge is 0.395 e. The van der Waals surface area contributed by atoms with Crippen LogP contribution in [-0.4, -0.2) is 62.4 Å². The van der Waals surface area contributed by atoms with Crippen LogP contribution in [0.2, 0.25) is 0 Å². The third-order valence-electron chi connectivity index (χ3n) is 3.36. The number of ether oxygens (including phenoxy) is 1. The molecule has 0 aromatic carbocycles. The van der Waals surface area contributed by atoms with Crippen molar-refractivity contribution in [2.75, 3.05) is 46.0 Å². The fraction of sp³-hybridized carbons (Fsp3) is 1.00. The molecule has 0 spiro atoms. The lowest BCUT2D eigenvalue weighted by atomic mass is 9.79. The molecule has 1 rings (SSSR count). The molecule has 0 saturated carbocycles. The lowest BCUT2D eigenvalue weighted by Gasteiger charge is -2.40. The number of nitrogens with zero attached hydrogens (tertiary/aromatic N) is 1. The summed E-state index contributed by atoms with van der Waals surface area (Å²) in [6, 6.07) is 0. The van der Waals surface area contributed by atoms with Gasteiger partial charge in [0, 0.05) is 26.3 Å². The lowest BCUT2D eigenvalue weighted by Crippen LogP contribution is -2.47. The first-order chi connectivity index (χ1) is 8.12. The highest BCUT2D eigenvalue weighted by Crippen LogP contribution is 2.30. The molecule has 0 aromatic rings. The molecule has 0 unspecified atom stereocenters. The highest BCUT2D eigenvalue weighted by atomic mass is 19.3. The molecule has 0 bridgehead atoms. The Morgan fingerprint density at radius 3 is 2.47 bits per heavy atom. The number of nitrogens with two attached hydrogens (primary N) is 1. The summed E-state index contributed by atoms with van der Waals surface area (Å²) in [5, 5.41) is 8.89. The fourth-order valence-corrected chi connectivity index (χ4v) is 2.28. The summed E-state index contributed by atoms with van der Waals surface area (Å²) < 4.78 is 30.1. The van der Waals surface area contributed by atoms with Gasteiger partial charge in [0.15, 0.2) is 0 Å². The second-order valence-electron chi connectivity index (χ2n) is 4.67. The summed E-state index contributed by atoms with van der Waals surface area (Å²) in [5.41, 5.74) is 5.64. The fourth-order valence-electron chi connectivity index (χ4n) is 2.28. The van der Waals surface area contributed by atoms with Crippen molar-refractivity contribution in [3.63, 3.8) is 0 Å². The van der Waals surface area contributed by atoms with Gasteiger partial charge in [-0.25, -0.2) is 8.78 Å². The quantitative estimate of drug-likeness (QED) is 0.684. The number of hydrogen-bond donors (Lipinski definition) is 2. The second kappa shape index (κ2) is 7.20. The molecule has 1 aliphatic heterocycles. The van der Waals surface area contributed by atoms with E-state index in [1.807, 2.05) is 0 Å². The van der Waals surface area contributed by atoms with Gasteiger partial charge in [-0.05, 0) is 24.8 Å². The SMILES string of the molecule is NCC1(CN(CCO)CC(F)F)CCOCC1. The van der Waals surface area contributed by atoms with Crippen LogP contribution in [-0.2, 0) is 4.74 Å². The lowest BCUT2D eigenvalue weighted by molar-refractivity contribution is -0.0136. The maximum atomic E-state index is 12.4. The van der Waals surface area contributed by atoms with E-state index in [0.29, 0.717) is 26.3 Å². The summed E-state index contributed by atoms with van der Waals surface area (Å²) in [6.45, 7) is 2.12. The van der Waals surface area contributed by atoms with Gasteiger partial charge in [-0.15, -0.1) is 0 Å². The zero-order valence-corrected chi connectivity index (χ0v) is 10.1. The first-order valence-electron chi connectivity index (χ1n) is 6.01. The van der Waals surface area contributed by atoms with Crippen LogP contribution >= 0.6 is 0 Å². The molecule has 3 N–H and O–H groups in total. The summed E-state index contributed by atoms with van der Waals surface area (Å²) >= 11 is 0. The molecule has 0 amide bonds. The highest BCUT2D eigenvalue weighted by molar-refractivity contribution is 4.86. The normalized spacial score (nSPS) is 20.1. The highest BCUT2D eigenvalue weighted by Gasteiger charge is 2.33. The summed E-state index contributed by atoms with van der Waals surface area (Å²) in [7, 11) is 0. The Bertz CT molecular complexity index is 212. The molecule has 4 nitrogen and oxygen atoms in total. The molecule has 1 fully saturated rings. The van der Waals surface area contributed by atoms with Crippen LogP contribution in [0.1, 0.15) is 12.8 Å². The molecule has 0 atom stereocenters. The topological polar surface area (TPSA) is 58.7 Å². The molecule has 1 aliphatic rings. The first-order valence-corrected chi connectivity index (χ1v) is 6.01. The van der Waals surface area contributed by atoms with Gasteiger partial charge >= 0.3 is 0 Å². The number of hydrogen-bond acceptors (Lipinski definition) is 4. The van der Waals surface area contributed by atoms with Gasteiger partial charge in [0.05, 0.1) is 13.2 Å². The van der Waals surface area contributed by atoms with Gasteiger partial charge < -0.3 is 15.6 Å². The number of aliphatic hydroxyl groups is 1. The number of halogens is 2. The monoisotopic (exact) mass is 252 g/mol. The van der Waals surface area contributed by atoms with E-state index in [1.54, 1.807) is 4.90 Å². The predicted octanol–water partition coefficient (Wildman–Crippen LogP) is 0.301. The van der Waals surface area contributed by atoms with Crippen LogP contribution in [0, 0.1) is 5.41 Å². The molecule has 0 aromatic heterocycles. The van der Waals surface area contributed by atoms with Crippen LogP contribution in [0.3, 0.4) is 0 Å². The third kappa shape index (κ3) is 4.83. The minimum absolute atomic E-state index is 0.107. The van der Waals surface area contributed by atoms with Crippen molar-refractivity contribution in [2.24, 2.45) is 11.1 Å². The molecule has 1 heterocycles. The number of alkyl halides is 2. The maximum absolute atomic E-state index is 12.4. The molecule has 0 radical (unpaired) electrons. The Hall–Kier alpha value is -0.300. The van der Waals surface area contributed by atoms with Crippen LogP contribution in [0.15, 0.2) is 0 Å². The van der Waals surface area contributed by atoms with E-state index >= 15 is 0 Å². The summed E-state index contributed by atoms with van der Waals surface area (Å²) in [6.07, 6.45) is -0.778. The first kappa shape index (κ1) is 14.8. The zero-order chi connectivity index (χ0) is 12.7. The van der Waals surface area contributed by atoms with Gasteiger partial charge in [0.1, 0.15) is 0 Å². The Morgan fingerprint density at radius 1 is 1.35 bits per heavy atom. The van der Waals surface area contributed by atoms with Crippen molar-refractivity contribution in [1.82, 2.24) is 4.90 Å². The summed E-state index contributed by atoms with van der Waals surface area (Å²) in [4.78, 5) is 1.60. The van der Waals surface area contributed by atoms with E-state index in [0.717, 1.165) is 12.8 Å². The Balaban J connectivity index is 2.55. The van der Waals surface area contributed by atoms with Gasteiger partial charge in [-0.1, -0.05) is 0 Å². The van der Waals surface area contributed by atoms with Crippen LogP contribution in [0.5, 0.6) is 0 Å². The van der Waals surface area contributed by atoms with Crippen molar-refractivity contribution in [3.8, 4) is 0 Å². The van der Waals surface area contributed by atoms with Crippen molar-refractivity contribution in [2.45, 2.75) is 19.3 Å². The Labute approximate surface area is 101 Å². The Kier molecular flexibility index (Phi) is 6.26. The van der Waals surface area contributed by atoms with Crippen molar-refractivity contribution in [1.29, 1.82) is 0 Å². The van der Waals surface area contributed by atoms with Crippen LogP contribution in [0.4, 0.5) is 8.78 Å². The predicted molar refractivity (Wildman–Crippen MR) is 61.1 cm³/mol. The molecule has 17 heavy (non-hydrogen) atoms. The van der Waals surface area contributed by atoms with E-state index < -0.39 is 6.43 Å². The minimum Gasteiger partial charge on any atom is -0.395 e. The van der Waals surface area contributed by atoms with E-state index in [2.05, 4.69) is 0 Å². The van der Waals surface area contributed by atoms with Gasteiger partial charge in [-0.3, -0.25) is 4.90 Å². The number of rotatable bonds is 7. The standard InChI is InChI=1S/C11H22F2N2O2/c12-10(13)7-15(3-4-16)9-11(8-14)1-5-17-6-2-11/h10,16H,1-9,14H2. The average molecular weight is 252 g/mol. The summed E-state index contributed by atoms with van der Waals surface area (Å²) in [5.74, 6) is 0. The van der Waals surface area contributed by atoms with Gasteiger partial charge in [0.2, 0.25) is 0 Å². The molecule has 102 valence electrons. The zero-order valence-electron chi connectivity index (χ0n) is 10.1. The van der Waals surface area contributed by atoms with E-state index in [9.17, 15) is 8.78 Å². The average Bonchev–Trinajstić information content (AvgIpc) is 2.29. The Morgan fingerprint density at radius 2 is 2.00 bits per heavy atom. The van der Waals surface area contributed by atoms with Crippen LogP contribution < -0.4 is 5.73 Å². The number of aliphatic hydroxyl groups excluding tert-OH is 1. The van der Waals surface area contributed by atoms with Crippen molar-refractivity contribution in [3.05, 3.63) is 0 Å². The molecular weight excluding hydrogens is 230 g/mol. The molecule has 1 saturated heterocycles. The van der Waals surface area contributed by atoms with Crippen molar-refractivity contribution < 1.29 is 18.6 Å². The molecule has 6 heteroatoms. The molecular formula is C11H22F2N2O2. The van der Waals surface area contributed by atoms with Gasteiger partial charge in [-0.2, -0.15) is 0 Å². The minimum atomic E-state index is -2.38. The van der Waals surface area contributed by atoms with Crippen molar-refractivity contribution >= 4 is 0 Å². The maximum Gasteiger partial charge on any atom is 0.251 e. The third-order valence-corrected chi connectivity index (χ3v) is 3.36. The van der Waals surface area contributed by atoms with Crippen LogP contribution in [0.25, 0.3) is 0 Å². The second-order valence-corrected chi connectivity index (χ2v) is 4.67.